The molecule has 1 amide bonds. The van der Waals surface area contributed by atoms with Gasteiger partial charge in [0.2, 0.25) is 0 Å². The third kappa shape index (κ3) is 2.76. The van der Waals surface area contributed by atoms with Gasteiger partial charge in [0.15, 0.2) is 0 Å². The average Bonchev–Trinajstić information content (AvgIpc) is 2.89. The van der Waals surface area contributed by atoms with Crippen LogP contribution < -0.4 is 0 Å². The van der Waals surface area contributed by atoms with Crippen molar-refractivity contribution in [2.24, 2.45) is 0 Å². The molecule has 7 nitrogen and oxygen atoms in total. The van der Waals surface area contributed by atoms with Crippen molar-refractivity contribution in [2.45, 2.75) is 11.5 Å². The topological polar surface area (TPSA) is 69.6 Å². The van der Waals surface area contributed by atoms with Gasteiger partial charge in [0.05, 0.1) is 0 Å². The number of thioether (sulfide) groups is 1. The Morgan fingerprint density at radius 1 is 1.52 bits per heavy atom. The Labute approximate surface area is 136 Å². The normalized spacial score (nSPS) is 28.7. The Hall–Kier alpha value is -1.58. The Balaban J connectivity index is 2.36. The maximum atomic E-state index is 12.3. The van der Waals surface area contributed by atoms with Crippen molar-refractivity contribution >= 4 is 54.7 Å². The van der Waals surface area contributed by atoms with E-state index in [2.05, 4.69) is 9.69 Å². The number of carbonyl (C=O) groups is 2. The third-order valence-electron chi connectivity index (χ3n) is 2.80. The van der Waals surface area contributed by atoms with E-state index in [1.54, 1.807) is 11.9 Å². The zero-order valence-electron chi connectivity index (χ0n) is 10.6. The number of amides is 1. The van der Waals surface area contributed by atoms with E-state index in [9.17, 15) is 9.59 Å². The van der Waals surface area contributed by atoms with Crippen molar-refractivity contribution in [2.75, 3.05) is 13.6 Å². The van der Waals surface area contributed by atoms with Gasteiger partial charge in [-0.1, -0.05) is 0 Å². The minimum atomic E-state index is -1.13. The number of aliphatic carboxylic acids is 1. The van der Waals surface area contributed by atoms with Crippen LogP contribution in [-0.4, -0.2) is 70.8 Å². The molecule has 2 aliphatic rings. The van der Waals surface area contributed by atoms with Gasteiger partial charge < -0.3 is 0 Å². The molecule has 0 radical (unpaired) electrons. The summed E-state index contributed by atoms with van der Waals surface area (Å²) in [6.45, 7) is 13.8. The molecular formula is C11H8N4O3S2Se. The molecule has 0 aromatic carbocycles. The van der Waals surface area contributed by atoms with Gasteiger partial charge in [-0.3, -0.25) is 0 Å². The number of likely N-dealkylation sites (N-methyl/N-ethyl adjacent to an activating group) is 1. The fourth-order valence-electron chi connectivity index (χ4n) is 1.83. The molecule has 0 bridgehead atoms. The molecule has 0 aliphatic carbocycles. The van der Waals surface area contributed by atoms with Crippen LogP contribution in [-0.2, 0) is 9.59 Å². The van der Waals surface area contributed by atoms with Crippen LogP contribution in [0, 0.1) is 13.1 Å². The number of rotatable bonds is 2. The van der Waals surface area contributed by atoms with Crippen LogP contribution in [0.4, 0.5) is 0 Å². The number of carboxylic acid groups (broad SMARTS) is 1. The zero-order valence-corrected chi connectivity index (χ0v) is 14.0. The number of hydrogen-bond acceptors (Lipinski definition) is 5. The monoisotopic (exact) mass is 388 g/mol. The first-order valence-electron chi connectivity index (χ1n) is 5.53. The van der Waals surface area contributed by atoms with Crippen LogP contribution in [0.2, 0.25) is 0 Å². The summed E-state index contributed by atoms with van der Waals surface area (Å²) < 4.78 is 0.748. The summed E-state index contributed by atoms with van der Waals surface area (Å²) in [7, 11) is 1.66. The Morgan fingerprint density at radius 2 is 2.19 bits per heavy atom. The molecule has 21 heavy (non-hydrogen) atoms. The number of carboxylic acids is 1. The van der Waals surface area contributed by atoms with Crippen molar-refractivity contribution < 1.29 is 14.7 Å². The predicted molar refractivity (Wildman–Crippen MR) is 80.9 cm³/mol. The number of hydrogen-bond donors (Lipinski definition) is 1. The third-order valence-corrected chi connectivity index (χ3v) is 7.08. The second kappa shape index (κ2) is 6.04. The van der Waals surface area contributed by atoms with E-state index in [0.29, 0.717) is 13.4 Å². The summed E-state index contributed by atoms with van der Waals surface area (Å²) in [6, 6.07) is 0. The quantitative estimate of drug-likeness (QED) is 0.317. The van der Waals surface area contributed by atoms with E-state index in [1.807, 2.05) is 0 Å². The standard InChI is InChI=1S/C11H8N4O3S2Se/c1-12-7-8(13-2)20-10(14(7)3)6-9(18)15(4-5(16)17)11(19)21-6/h7-8H,4H2,3H3,(H,16,17)/b10-6-. The predicted octanol–water partition coefficient (Wildman–Crippen LogP) is 0.241. The second-order valence-corrected chi connectivity index (χ2v) is 8.25. The average molecular weight is 387 g/mol. The van der Waals surface area contributed by atoms with Gasteiger partial charge in [0, 0.05) is 0 Å². The first-order valence-corrected chi connectivity index (χ1v) is 8.53. The molecule has 0 saturated carbocycles. The van der Waals surface area contributed by atoms with Crippen molar-refractivity contribution in [3.05, 3.63) is 32.3 Å². The van der Waals surface area contributed by atoms with Crippen LogP contribution in [0.3, 0.4) is 0 Å². The van der Waals surface area contributed by atoms with Crippen molar-refractivity contribution in [1.82, 2.24) is 9.80 Å². The fraction of sp³-hybridized carbons (Fsp3) is 0.364. The minimum absolute atomic E-state index is 0.317. The zero-order chi connectivity index (χ0) is 15.7. The van der Waals surface area contributed by atoms with E-state index >= 15 is 0 Å². The molecule has 10 heteroatoms. The number of nitrogens with zero attached hydrogens (tertiary/aromatic N) is 4. The Kier molecular flexibility index (Phi) is 4.54. The fourth-order valence-corrected chi connectivity index (χ4v) is 5.85. The van der Waals surface area contributed by atoms with Crippen LogP contribution in [0.15, 0.2) is 9.50 Å². The molecule has 0 aromatic rings. The molecule has 0 aromatic heterocycles. The van der Waals surface area contributed by atoms with Crippen LogP contribution in [0.5, 0.6) is 0 Å². The molecular weight excluding hydrogens is 379 g/mol. The van der Waals surface area contributed by atoms with E-state index in [0.717, 1.165) is 4.90 Å². The Morgan fingerprint density at radius 3 is 2.67 bits per heavy atom. The van der Waals surface area contributed by atoms with E-state index in [-0.39, 0.29) is 0 Å². The molecule has 2 heterocycles. The van der Waals surface area contributed by atoms with Crippen molar-refractivity contribution in [1.29, 1.82) is 0 Å². The summed E-state index contributed by atoms with van der Waals surface area (Å²) >= 11 is 5.81. The summed E-state index contributed by atoms with van der Waals surface area (Å²) in [6.07, 6.45) is -0.638. The van der Waals surface area contributed by atoms with Gasteiger partial charge in [-0.05, 0) is 0 Å². The SMILES string of the molecule is [C-]#[N+]C1S/C(=C2\[Se]C(=S)N(CC(=O)O)C2=O)N(C)C1[N+]#[C-]. The molecule has 1 N–H and O–H groups in total. The molecule has 2 rings (SSSR count). The summed E-state index contributed by atoms with van der Waals surface area (Å²) in [5.41, 5.74) is 0. The van der Waals surface area contributed by atoms with Gasteiger partial charge in [0.1, 0.15) is 0 Å². The molecule has 2 atom stereocenters. The Bertz CT molecular complexity index is 651. The summed E-state index contributed by atoms with van der Waals surface area (Å²) in [5.74, 6) is -1.55. The van der Waals surface area contributed by atoms with Crippen LogP contribution in [0.25, 0.3) is 9.69 Å². The van der Waals surface area contributed by atoms with E-state index < -0.39 is 44.9 Å². The maximum absolute atomic E-state index is 12.3. The van der Waals surface area contributed by atoms with Gasteiger partial charge in [-0.2, -0.15) is 0 Å². The van der Waals surface area contributed by atoms with Gasteiger partial charge in [0.25, 0.3) is 0 Å². The number of carbonyl (C=O) groups excluding carboxylic acids is 1. The first kappa shape index (κ1) is 15.8. The van der Waals surface area contributed by atoms with Crippen LogP contribution >= 0.6 is 24.0 Å². The van der Waals surface area contributed by atoms with Crippen LogP contribution in [0.1, 0.15) is 0 Å². The first-order chi connectivity index (χ1) is 9.90. The van der Waals surface area contributed by atoms with Gasteiger partial charge in [-0.25, -0.2) is 0 Å². The molecule has 108 valence electrons. The summed E-state index contributed by atoms with van der Waals surface area (Å²) in [5, 5.41) is 8.80. The summed E-state index contributed by atoms with van der Waals surface area (Å²) in [4.78, 5) is 32.6. The van der Waals surface area contributed by atoms with E-state index in [4.69, 9.17) is 30.5 Å². The molecule has 0 spiro atoms. The molecule has 2 fully saturated rings. The van der Waals surface area contributed by atoms with Crippen molar-refractivity contribution in [3.63, 3.8) is 0 Å². The molecule has 2 saturated heterocycles. The molecule has 2 aliphatic heterocycles. The second-order valence-electron chi connectivity index (χ2n) is 4.08. The van der Waals surface area contributed by atoms with Gasteiger partial charge in [-0.15, -0.1) is 0 Å². The van der Waals surface area contributed by atoms with Crippen molar-refractivity contribution in [3.8, 4) is 0 Å². The van der Waals surface area contributed by atoms with Gasteiger partial charge >= 0.3 is 137 Å². The number of thiocarbonyl (C=S) groups is 1. The van der Waals surface area contributed by atoms with E-state index in [1.165, 1.54) is 11.8 Å². The molecule has 2 unspecified atom stereocenters.